The fourth-order valence-electron chi connectivity index (χ4n) is 1.10. The lowest BCUT2D eigenvalue weighted by molar-refractivity contribution is 0.136. The highest BCUT2D eigenvalue weighted by atomic mass is 16.5. The highest BCUT2D eigenvalue weighted by Gasteiger charge is 2.18. The molecule has 1 aromatic rings. The Morgan fingerprint density at radius 3 is 2.92 bits per heavy atom. The van der Waals surface area contributed by atoms with Crippen LogP contribution in [0.5, 0.6) is 5.88 Å². The molecule has 3 heteroatoms. The van der Waals surface area contributed by atoms with E-state index in [-0.39, 0.29) is 0 Å². The zero-order valence-electron chi connectivity index (χ0n) is 7.08. The van der Waals surface area contributed by atoms with Crippen LogP contribution in [0.3, 0.4) is 0 Å². The fourth-order valence-corrected chi connectivity index (χ4v) is 1.10. The molecule has 0 aromatic carbocycles. The molecule has 1 fully saturated rings. The van der Waals surface area contributed by atoms with Crippen LogP contribution in [0, 0.1) is 6.92 Å². The average Bonchev–Trinajstić information content (AvgIpc) is 1.97. The van der Waals surface area contributed by atoms with Crippen LogP contribution in [0.2, 0.25) is 0 Å². The average molecular weight is 164 g/mol. The van der Waals surface area contributed by atoms with E-state index in [4.69, 9.17) is 4.74 Å². The second-order valence-corrected chi connectivity index (χ2v) is 3.02. The van der Waals surface area contributed by atoms with Gasteiger partial charge in [0.05, 0.1) is 0 Å². The highest BCUT2D eigenvalue weighted by Crippen LogP contribution is 2.10. The van der Waals surface area contributed by atoms with E-state index in [2.05, 4.69) is 10.3 Å². The number of ether oxygens (including phenoxy) is 1. The van der Waals surface area contributed by atoms with E-state index >= 15 is 0 Å². The molecule has 0 spiro atoms. The maximum Gasteiger partial charge on any atom is 0.213 e. The Bertz CT molecular complexity index is 271. The molecule has 0 radical (unpaired) electrons. The molecule has 64 valence electrons. The van der Waals surface area contributed by atoms with Gasteiger partial charge in [-0.05, 0) is 13.0 Å². The first-order chi connectivity index (χ1) is 5.84. The first-order valence-electron chi connectivity index (χ1n) is 4.15. The topological polar surface area (TPSA) is 34.1 Å². The minimum atomic E-state index is 0.319. The summed E-state index contributed by atoms with van der Waals surface area (Å²) < 4.78 is 5.56. The predicted octanol–water partition coefficient (Wildman–Crippen LogP) is 0.741. The first-order valence-corrected chi connectivity index (χ1v) is 4.15. The third-order valence-corrected chi connectivity index (χ3v) is 1.89. The molecular formula is C9H12N2O. The zero-order chi connectivity index (χ0) is 8.39. The lowest BCUT2D eigenvalue weighted by Crippen LogP contribution is -2.50. The molecule has 0 bridgehead atoms. The Balaban J connectivity index is 2.02. The van der Waals surface area contributed by atoms with Gasteiger partial charge in [0, 0.05) is 24.8 Å². The van der Waals surface area contributed by atoms with Crippen molar-refractivity contribution in [3.63, 3.8) is 0 Å². The maximum absolute atomic E-state index is 5.56. The van der Waals surface area contributed by atoms with Crippen molar-refractivity contribution in [2.24, 2.45) is 0 Å². The Morgan fingerprint density at radius 1 is 1.50 bits per heavy atom. The van der Waals surface area contributed by atoms with Gasteiger partial charge in [-0.1, -0.05) is 6.07 Å². The quantitative estimate of drug-likeness (QED) is 0.700. The third kappa shape index (κ3) is 1.56. The minimum Gasteiger partial charge on any atom is -0.472 e. The van der Waals surface area contributed by atoms with Gasteiger partial charge in [0.2, 0.25) is 5.88 Å². The Morgan fingerprint density at radius 2 is 2.33 bits per heavy atom. The SMILES string of the molecule is Cc1cccc(OC2CNC2)n1. The molecule has 2 heterocycles. The van der Waals surface area contributed by atoms with Crippen LogP contribution in [-0.2, 0) is 0 Å². The van der Waals surface area contributed by atoms with Gasteiger partial charge in [0.1, 0.15) is 6.10 Å². The molecule has 3 nitrogen and oxygen atoms in total. The van der Waals surface area contributed by atoms with Gasteiger partial charge in [-0.3, -0.25) is 0 Å². The standard InChI is InChI=1S/C9H12N2O/c1-7-3-2-4-9(11-7)12-8-5-10-6-8/h2-4,8,10H,5-6H2,1H3. The van der Waals surface area contributed by atoms with E-state index < -0.39 is 0 Å². The van der Waals surface area contributed by atoms with E-state index in [9.17, 15) is 0 Å². The van der Waals surface area contributed by atoms with Crippen molar-refractivity contribution in [2.45, 2.75) is 13.0 Å². The van der Waals surface area contributed by atoms with Gasteiger partial charge in [0.25, 0.3) is 0 Å². The summed E-state index contributed by atoms with van der Waals surface area (Å²) in [4.78, 5) is 4.24. The smallest absolute Gasteiger partial charge is 0.213 e. The molecule has 0 amide bonds. The van der Waals surface area contributed by atoms with Crippen LogP contribution in [0.1, 0.15) is 5.69 Å². The molecular weight excluding hydrogens is 152 g/mol. The summed E-state index contributed by atoms with van der Waals surface area (Å²) in [7, 11) is 0. The van der Waals surface area contributed by atoms with Crippen LogP contribution in [0.15, 0.2) is 18.2 Å². The summed E-state index contributed by atoms with van der Waals surface area (Å²) in [6, 6.07) is 5.82. The summed E-state index contributed by atoms with van der Waals surface area (Å²) in [6.45, 7) is 3.84. The van der Waals surface area contributed by atoms with E-state index in [0.29, 0.717) is 6.10 Å². The normalized spacial score (nSPS) is 17.1. The van der Waals surface area contributed by atoms with Crippen LogP contribution in [-0.4, -0.2) is 24.2 Å². The van der Waals surface area contributed by atoms with Crippen molar-refractivity contribution in [3.05, 3.63) is 23.9 Å². The van der Waals surface area contributed by atoms with Crippen LogP contribution >= 0.6 is 0 Å². The van der Waals surface area contributed by atoms with Gasteiger partial charge in [-0.2, -0.15) is 0 Å². The molecule has 12 heavy (non-hydrogen) atoms. The van der Waals surface area contributed by atoms with Crippen molar-refractivity contribution in [2.75, 3.05) is 13.1 Å². The summed E-state index contributed by atoms with van der Waals surface area (Å²) in [5.41, 5.74) is 1.000. The summed E-state index contributed by atoms with van der Waals surface area (Å²) in [5, 5.41) is 3.14. The lowest BCUT2D eigenvalue weighted by Gasteiger charge is -2.27. The van der Waals surface area contributed by atoms with Crippen molar-refractivity contribution in [1.82, 2.24) is 10.3 Å². The molecule has 0 aliphatic carbocycles. The highest BCUT2D eigenvalue weighted by molar-refractivity contribution is 5.15. The number of pyridine rings is 1. The van der Waals surface area contributed by atoms with E-state index in [1.807, 2.05) is 25.1 Å². The largest absolute Gasteiger partial charge is 0.472 e. The molecule has 0 unspecified atom stereocenters. The molecule has 2 rings (SSSR count). The second-order valence-electron chi connectivity index (χ2n) is 3.02. The predicted molar refractivity (Wildman–Crippen MR) is 46.3 cm³/mol. The molecule has 1 aromatic heterocycles. The van der Waals surface area contributed by atoms with Crippen molar-refractivity contribution >= 4 is 0 Å². The molecule has 0 atom stereocenters. The van der Waals surface area contributed by atoms with Gasteiger partial charge in [-0.25, -0.2) is 4.98 Å². The summed E-state index contributed by atoms with van der Waals surface area (Å²) in [6.07, 6.45) is 0.319. The third-order valence-electron chi connectivity index (χ3n) is 1.89. The number of aromatic nitrogens is 1. The van der Waals surface area contributed by atoms with Gasteiger partial charge in [-0.15, -0.1) is 0 Å². The van der Waals surface area contributed by atoms with E-state index in [1.54, 1.807) is 0 Å². The van der Waals surface area contributed by atoms with Crippen molar-refractivity contribution in [3.8, 4) is 5.88 Å². The van der Waals surface area contributed by atoms with Gasteiger partial charge < -0.3 is 10.1 Å². The number of hydrogen-bond donors (Lipinski definition) is 1. The Hall–Kier alpha value is -1.09. The van der Waals surface area contributed by atoms with Crippen LogP contribution in [0.4, 0.5) is 0 Å². The molecule has 1 aliphatic rings. The summed E-state index contributed by atoms with van der Waals surface area (Å²) >= 11 is 0. The molecule has 1 aliphatic heterocycles. The number of nitrogens with one attached hydrogen (secondary N) is 1. The van der Waals surface area contributed by atoms with Crippen LogP contribution < -0.4 is 10.1 Å². The van der Waals surface area contributed by atoms with Gasteiger partial charge >= 0.3 is 0 Å². The minimum absolute atomic E-state index is 0.319. The number of rotatable bonds is 2. The lowest BCUT2D eigenvalue weighted by atomic mass is 10.2. The first kappa shape index (κ1) is 7.55. The van der Waals surface area contributed by atoms with Crippen molar-refractivity contribution in [1.29, 1.82) is 0 Å². The van der Waals surface area contributed by atoms with E-state index in [1.165, 1.54) is 0 Å². The molecule has 1 saturated heterocycles. The maximum atomic E-state index is 5.56. The number of aryl methyl sites for hydroxylation is 1. The zero-order valence-corrected chi connectivity index (χ0v) is 7.08. The van der Waals surface area contributed by atoms with Crippen LogP contribution in [0.25, 0.3) is 0 Å². The number of hydrogen-bond acceptors (Lipinski definition) is 3. The molecule has 1 N–H and O–H groups in total. The fraction of sp³-hybridized carbons (Fsp3) is 0.444. The Kier molecular flexibility index (Phi) is 1.96. The Labute approximate surface area is 71.8 Å². The number of nitrogens with zero attached hydrogens (tertiary/aromatic N) is 1. The molecule has 0 saturated carbocycles. The van der Waals surface area contributed by atoms with E-state index in [0.717, 1.165) is 24.7 Å². The monoisotopic (exact) mass is 164 g/mol. The summed E-state index contributed by atoms with van der Waals surface area (Å²) in [5.74, 6) is 0.738. The van der Waals surface area contributed by atoms with Crippen molar-refractivity contribution < 1.29 is 4.74 Å². The second kappa shape index (κ2) is 3.11. The van der Waals surface area contributed by atoms with Gasteiger partial charge in [0.15, 0.2) is 0 Å².